The molecule has 3 aliphatic rings. The highest BCUT2D eigenvalue weighted by molar-refractivity contribution is 4.98. The molecular weight excluding hydrogens is 200 g/mol. The summed E-state index contributed by atoms with van der Waals surface area (Å²) in [6.07, 6.45) is 7.30. The van der Waals surface area contributed by atoms with Gasteiger partial charge in [0, 0.05) is 32.3 Å². The molecule has 0 spiro atoms. The number of rotatable bonds is 3. The van der Waals surface area contributed by atoms with Gasteiger partial charge >= 0.3 is 0 Å². The summed E-state index contributed by atoms with van der Waals surface area (Å²) in [4.78, 5) is 2.63. The van der Waals surface area contributed by atoms with Crippen molar-refractivity contribution in [3.63, 3.8) is 0 Å². The molecule has 0 aliphatic carbocycles. The number of nitrogens with one attached hydrogen (secondary N) is 1. The summed E-state index contributed by atoms with van der Waals surface area (Å²) in [6, 6.07) is 1.67. The molecule has 3 saturated heterocycles. The molecule has 4 unspecified atom stereocenters. The molecule has 3 heterocycles. The van der Waals surface area contributed by atoms with Gasteiger partial charge in [-0.1, -0.05) is 0 Å². The summed E-state index contributed by atoms with van der Waals surface area (Å²) in [6.45, 7) is 3.74. The van der Waals surface area contributed by atoms with Gasteiger partial charge in [-0.25, -0.2) is 0 Å². The van der Waals surface area contributed by atoms with Crippen LogP contribution in [0.4, 0.5) is 0 Å². The minimum absolute atomic E-state index is 0.486. The lowest BCUT2D eigenvalue weighted by Crippen LogP contribution is -2.43. The van der Waals surface area contributed by atoms with E-state index in [0.717, 1.165) is 24.5 Å². The lowest BCUT2D eigenvalue weighted by molar-refractivity contribution is 0.0245. The Hall–Kier alpha value is -0.120. The topological polar surface area (TPSA) is 24.5 Å². The van der Waals surface area contributed by atoms with Gasteiger partial charge in [-0.3, -0.25) is 0 Å². The van der Waals surface area contributed by atoms with E-state index in [2.05, 4.69) is 10.2 Å². The van der Waals surface area contributed by atoms with Gasteiger partial charge in [-0.15, -0.1) is 0 Å². The van der Waals surface area contributed by atoms with Gasteiger partial charge in [0.2, 0.25) is 0 Å². The fourth-order valence-electron chi connectivity index (χ4n) is 3.84. The van der Waals surface area contributed by atoms with Gasteiger partial charge in [0.15, 0.2) is 0 Å². The summed E-state index contributed by atoms with van der Waals surface area (Å²) < 4.78 is 5.49. The van der Waals surface area contributed by atoms with E-state index in [4.69, 9.17) is 4.74 Å². The van der Waals surface area contributed by atoms with Crippen LogP contribution in [0.3, 0.4) is 0 Å². The molecule has 0 aromatic carbocycles. The van der Waals surface area contributed by atoms with E-state index in [0.29, 0.717) is 6.10 Å². The minimum Gasteiger partial charge on any atom is -0.380 e. The van der Waals surface area contributed by atoms with Crippen LogP contribution >= 0.6 is 0 Å². The summed E-state index contributed by atoms with van der Waals surface area (Å²) in [5.41, 5.74) is 0. The third-order valence-corrected chi connectivity index (χ3v) is 4.72. The van der Waals surface area contributed by atoms with Crippen LogP contribution in [0.25, 0.3) is 0 Å². The number of hydrogen-bond acceptors (Lipinski definition) is 3. The average molecular weight is 224 g/mol. The Morgan fingerprint density at radius 2 is 2.25 bits per heavy atom. The summed E-state index contributed by atoms with van der Waals surface area (Å²) >= 11 is 0. The Morgan fingerprint density at radius 1 is 1.31 bits per heavy atom. The van der Waals surface area contributed by atoms with Crippen molar-refractivity contribution in [1.82, 2.24) is 10.2 Å². The zero-order chi connectivity index (χ0) is 11.0. The Balaban J connectivity index is 1.51. The van der Waals surface area contributed by atoms with Gasteiger partial charge in [-0.05, 0) is 44.6 Å². The van der Waals surface area contributed by atoms with Crippen molar-refractivity contribution in [3.05, 3.63) is 0 Å². The van der Waals surface area contributed by atoms with E-state index >= 15 is 0 Å². The second kappa shape index (κ2) is 4.63. The van der Waals surface area contributed by atoms with Crippen LogP contribution in [0.2, 0.25) is 0 Å². The molecule has 16 heavy (non-hydrogen) atoms. The van der Waals surface area contributed by atoms with Crippen molar-refractivity contribution in [2.75, 3.05) is 26.7 Å². The van der Waals surface area contributed by atoms with Crippen molar-refractivity contribution < 1.29 is 4.74 Å². The van der Waals surface area contributed by atoms with Crippen LogP contribution in [0, 0.1) is 5.92 Å². The lowest BCUT2D eigenvalue weighted by Gasteiger charge is -2.35. The first-order chi connectivity index (χ1) is 7.85. The molecule has 92 valence electrons. The number of methoxy groups -OCH3 is 1. The highest BCUT2D eigenvalue weighted by Gasteiger charge is 2.39. The zero-order valence-electron chi connectivity index (χ0n) is 10.3. The van der Waals surface area contributed by atoms with Gasteiger partial charge < -0.3 is 15.0 Å². The van der Waals surface area contributed by atoms with Crippen molar-refractivity contribution in [1.29, 1.82) is 0 Å². The van der Waals surface area contributed by atoms with E-state index in [9.17, 15) is 0 Å². The summed E-state index contributed by atoms with van der Waals surface area (Å²) in [5, 5.41) is 3.73. The fourth-order valence-corrected chi connectivity index (χ4v) is 3.84. The molecule has 3 aliphatic heterocycles. The smallest absolute Gasteiger partial charge is 0.0698 e. The Morgan fingerprint density at radius 3 is 2.94 bits per heavy atom. The van der Waals surface area contributed by atoms with Gasteiger partial charge in [-0.2, -0.15) is 0 Å². The van der Waals surface area contributed by atoms with E-state index in [1.165, 1.54) is 45.2 Å². The van der Waals surface area contributed by atoms with E-state index in [-0.39, 0.29) is 0 Å². The number of piperidine rings is 1. The van der Waals surface area contributed by atoms with Crippen LogP contribution in [0.15, 0.2) is 0 Å². The van der Waals surface area contributed by atoms with E-state index in [1.807, 2.05) is 7.11 Å². The third-order valence-electron chi connectivity index (χ3n) is 4.72. The van der Waals surface area contributed by atoms with Gasteiger partial charge in [0.1, 0.15) is 0 Å². The quantitative estimate of drug-likeness (QED) is 0.780. The second-order valence-corrected chi connectivity index (χ2v) is 5.80. The van der Waals surface area contributed by atoms with E-state index < -0.39 is 0 Å². The monoisotopic (exact) mass is 224 g/mol. The van der Waals surface area contributed by atoms with Crippen molar-refractivity contribution >= 4 is 0 Å². The Labute approximate surface area is 98.5 Å². The van der Waals surface area contributed by atoms with Crippen molar-refractivity contribution in [2.24, 2.45) is 5.92 Å². The molecule has 3 fully saturated rings. The highest BCUT2D eigenvalue weighted by atomic mass is 16.5. The maximum atomic E-state index is 5.49. The first-order valence-corrected chi connectivity index (χ1v) is 6.86. The maximum absolute atomic E-state index is 5.49. The molecule has 4 atom stereocenters. The summed E-state index contributed by atoms with van der Waals surface area (Å²) in [7, 11) is 1.85. The van der Waals surface area contributed by atoms with Crippen LogP contribution in [0.5, 0.6) is 0 Å². The molecule has 0 aromatic heterocycles. The second-order valence-electron chi connectivity index (χ2n) is 5.80. The molecule has 0 saturated carbocycles. The third kappa shape index (κ3) is 2.13. The van der Waals surface area contributed by atoms with Gasteiger partial charge in [0.05, 0.1) is 6.10 Å². The minimum atomic E-state index is 0.486. The van der Waals surface area contributed by atoms with Crippen LogP contribution in [-0.2, 0) is 4.74 Å². The van der Waals surface area contributed by atoms with Crippen molar-refractivity contribution in [2.45, 2.75) is 50.3 Å². The van der Waals surface area contributed by atoms with Crippen LogP contribution < -0.4 is 5.32 Å². The van der Waals surface area contributed by atoms with Crippen LogP contribution in [0.1, 0.15) is 32.1 Å². The largest absolute Gasteiger partial charge is 0.380 e. The normalized spacial score (nSPS) is 44.1. The SMILES string of the molecule is COC1CCCN(CC2CC3CCC2N3)C1. The zero-order valence-corrected chi connectivity index (χ0v) is 10.3. The fraction of sp³-hybridized carbons (Fsp3) is 1.00. The lowest BCUT2D eigenvalue weighted by atomic mass is 9.88. The van der Waals surface area contributed by atoms with Crippen LogP contribution in [-0.4, -0.2) is 49.8 Å². The Kier molecular flexibility index (Phi) is 3.18. The number of hydrogen-bond donors (Lipinski definition) is 1. The highest BCUT2D eigenvalue weighted by Crippen LogP contribution is 2.34. The maximum Gasteiger partial charge on any atom is 0.0698 e. The number of ether oxygens (including phenoxy) is 1. The van der Waals surface area contributed by atoms with Gasteiger partial charge in [0.25, 0.3) is 0 Å². The summed E-state index contributed by atoms with van der Waals surface area (Å²) in [5.74, 6) is 0.911. The first-order valence-electron chi connectivity index (χ1n) is 6.86. The average Bonchev–Trinajstić information content (AvgIpc) is 2.91. The molecule has 0 aromatic rings. The first kappa shape index (κ1) is 11.0. The number of fused-ring (bicyclic) bond motifs is 2. The molecular formula is C13H24N2O. The van der Waals surface area contributed by atoms with Crippen molar-refractivity contribution in [3.8, 4) is 0 Å². The molecule has 1 N–H and O–H groups in total. The standard InChI is InChI=1S/C13H24N2O/c1-16-12-3-2-6-15(9-12)8-10-7-11-4-5-13(10)14-11/h10-14H,2-9H2,1H3. The molecule has 2 bridgehead atoms. The molecule has 0 amide bonds. The predicted molar refractivity (Wildman–Crippen MR) is 64.5 cm³/mol. The molecule has 3 nitrogen and oxygen atoms in total. The number of nitrogens with zero attached hydrogens (tertiary/aromatic N) is 1. The Bertz CT molecular complexity index is 246. The molecule has 0 radical (unpaired) electrons. The predicted octanol–water partition coefficient (Wildman–Crippen LogP) is 1.24. The van der Waals surface area contributed by atoms with E-state index in [1.54, 1.807) is 0 Å². The molecule has 3 heteroatoms. The number of likely N-dealkylation sites (tertiary alicyclic amines) is 1. The molecule has 3 rings (SSSR count).